The van der Waals surface area contributed by atoms with Crippen molar-refractivity contribution >= 4 is 22.8 Å². The van der Waals surface area contributed by atoms with Crippen LogP contribution in [0.2, 0.25) is 0 Å². The van der Waals surface area contributed by atoms with Crippen LogP contribution >= 0.6 is 0 Å². The van der Waals surface area contributed by atoms with E-state index in [4.69, 9.17) is 9.15 Å². The molecule has 0 bridgehead atoms. The van der Waals surface area contributed by atoms with E-state index in [1.54, 1.807) is 6.08 Å². The van der Waals surface area contributed by atoms with Gasteiger partial charge in [0.2, 0.25) is 0 Å². The number of Topliss-reactive ketones (excluding diaryl/α,β-unsaturated/α-hetero) is 1. The second-order valence-corrected chi connectivity index (χ2v) is 8.58. The molecule has 0 atom stereocenters. The summed E-state index contributed by atoms with van der Waals surface area (Å²) in [5.41, 5.74) is 0.882. The van der Waals surface area contributed by atoms with Gasteiger partial charge in [-0.2, -0.15) is 0 Å². The lowest BCUT2D eigenvalue weighted by molar-refractivity contribution is 0.0952. The minimum absolute atomic E-state index is 0.109. The molecule has 2 aromatic carbocycles. The van der Waals surface area contributed by atoms with Gasteiger partial charge in [-0.05, 0) is 37.5 Å². The molecule has 1 N–H and O–H groups in total. The van der Waals surface area contributed by atoms with Crippen LogP contribution in [0.5, 0.6) is 11.5 Å². The van der Waals surface area contributed by atoms with E-state index in [1.807, 2.05) is 64.1 Å². The standard InChI is InChI=1S/C25H24O5/c1-14(2)12-18(26)21-22(28)20-17(15-8-6-5-7-9-15)13-19(27)29-23(20)16-10-11-25(3,4)30-24(16)21/h5-11,13-14,28H,12H2,1-4H3. The van der Waals surface area contributed by atoms with E-state index in [2.05, 4.69) is 0 Å². The summed E-state index contributed by atoms with van der Waals surface area (Å²) >= 11 is 0. The highest BCUT2D eigenvalue weighted by Gasteiger charge is 2.33. The van der Waals surface area contributed by atoms with Crippen LogP contribution < -0.4 is 10.4 Å². The van der Waals surface area contributed by atoms with Gasteiger partial charge in [0.1, 0.15) is 22.7 Å². The van der Waals surface area contributed by atoms with E-state index in [-0.39, 0.29) is 40.8 Å². The van der Waals surface area contributed by atoms with Crippen molar-refractivity contribution < 1.29 is 19.1 Å². The molecule has 0 fully saturated rings. The highest BCUT2D eigenvalue weighted by molar-refractivity contribution is 6.13. The van der Waals surface area contributed by atoms with Crippen LogP contribution in [0.1, 0.15) is 50.0 Å². The average Bonchev–Trinajstić information content (AvgIpc) is 2.66. The van der Waals surface area contributed by atoms with Gasteiger partial charge in [0, 0.05) is 18.1 Å². The van der Waals surface area contributed by atoms with Gasteiger partial charge in [0.25, 0.3) is 0 Å². The third-order valence-electron chi connectivity index (χ3n) is 5.12. The Morgan fingerprint density at radius 1 is 1.17 bits per heavy atom. The molecule has 0 saturated heterocycles. The van der Waals surface area contributed by atoms with Gasteiger partial charge in [-0.15, -0.1) is 0 Å². The second kappa shape index (κ2) is 7.17. The van der Waals surface area contributed by atoms with Crippen LogP contribution in [-0.2, 0) is 0 Å². The summed E-state index contributed by atoms with van der Waals surface area (Å²) in [6, 6.07) is 10.6. The van der Waals surface area contributed by atoms with Crippen LogP contribution in [0.15, 0.2) is 51.7 Å². The molecule has 0 saturated carbocycles. The van der Waals surface area contributed by atoms with E-state index < -0.39 is 11.2 Å². The Balaban J connectivity index is 2.15. The van der Waals surface area contributed by atoms with Crippen LogP contribution in [0, 0.1) is 5.92 Å². The molecule has 0 unspecified atom stereocenters. The smallest absolute Gasteiger partial charge is 0.336 e. The van der Waals surface area contributed by atoms with Crippen LogP contribution in [-0.4, -0.2) is 16.5 Å². The number of carbonyl (C=O) groups is 1. The summed E-state index contributed by atoms with van der Waals surface area (Å²) in [5, 5.41) is 11.6. The van der Waals surface area contributed by atoms with Gasteiger partial charge in [0.05, 0.1) is 10.9 Å². The van der Waals surface area contributed by atoms with Gasteiger partial charge in [-0.1, -0.05) is 44.2 Å². The predicted octanol–water partition coefficient (Wildman–Crippen LogP) is 5.58. The number of ether oxygens (including phenoxy) is 1. The van der Waals surface area contributed by atoms with Gasteiger partial charge >= 0.3 is 5.63 Å². The van der Waals surface area contributed by atoms with E-state index in [0.717, 1.165) is 5.56 Å². The van der Waals surface area contributed by atoms with Crippen molar-refractivity contribution in [2.45, 2.75) is 39.7 Å². The number of ketones is 1. The monoisotopic (exact) mass is 404 g/mol. The SMILES string of the molecule is CC(C)CC(=O)c1c2c(c3oc(=O)cc(-c4ccccc4)c3c1O)C=CC(C)(C)O2. The molecule has 1 aliphatic rings. The van der Waals surface area contributed by atoms with Crippen molar-refractivity contribution in [2.24, 2.45) is 5.92 Å². The first-order chi connectivity index (χ1) is 14.2. The number of phenolic OH excluding ortho intramolecular Hbond substituents is 1. The Kier molecular flexibility index (Phi) is 4.77. The number of hydrogen-bond acceptors (Lipinski definition) is 5. The first-order valence-corrected chi connectivity index (χ1v) is 10.0. The largest absolute Gasteiger partial charge is 0.506 e. The molecule has 0 aliphatic carbocycles. The molecular formula is C25H24O5. The van der Waals surface area contributed by atoms with Crippen molar-refractivity contribution in [3.63, 3.8) is 0 Å². The lowest BCUT2D eigenvalue weighted by atomic mass is 9.90. The van der Waals surface area contributed by atoms with Crippen molar-refractivity contribution in [3.8, 4) is 22.6 Å². The zero-order chi connectivity index (χ0) is 21.6. The zero-order valence-corrected chi connectivity index (χ0v) is 17.5. The van der Waals surface area contributed by atoms with Gasteiger partial charge in [-0.3, -0.25) is 4.79 Å². The second-order valence-electron chi connectivity index (χ2n) is 8.58. The van der Waals surface area contributed by atoms with Crippen LogP contribution in [0.3, 0.4) is 0 Å². The molecule has 2 heterocycles. The summed E-state index contributed by atoms with van der Waals surface area (Å²) < 4.78 is 11.6. The summed E-state index contributed by atoms with van der Waals surface area (Å²) in [4.78, 5) is 25.5. The maximum atomic E-state index is 13.2. The average molecular weight is 404 g/mol. The minimum atomic E-state index is -0.669. The number of rotatable bonds is 4. The zero-order valence-electron chi connectivity index (χ0n) is 17.5. The molecule has 5 heteroatoms. The summed E-state index contributed by atoms with van der Waals surface area (Å²) in [5.74, 6) is -0.0655. The highest BCUT2D eigenvalue weighted by atomic mass is 16.5. The number of benzene rings is 2. The maximum absolute atomic E-state index is 13.2. The van der Waals surface area contributed by atoms with Crippen molar-refractivity contribution in [1.29, 1.82) is 0 Å². The topological polar surface area (TPSA) is 76.7 Å². The first kappa shape index (κ1) is 20.0. The molecule has 30 heavy (non-hydrogen) atoms. The summed E-state index contributed by atoms with van der Waals surface area (Å²) in [6.07, 6.45) is 3.90. The molecule has 4 rings (SSSR count). The Bertz CT molecular complexity index is 1230. The first-order valence-electron chi connectivity index (χ1n) is 10.0. The molecule has 5 nitrogen and oxygen atoms in total. The van der Waals surface area contributed by atoms with E-state index in [1.165, 1.54) is 6.07 Å². The molecule has 1 aromatic heterocycles. The molecule has 3 aromatic rings. The van der Waals surface area contributed by atoms with Gasteiger partial charge in [-0.25, -0.2) is 4.79 Å². The number of hydrogen-bond donors (Lipinski definition) is 1. The minimum Gasteiger partial charge on any atom is -0.506 e. The maximum Gasteiger partial charge on any atom is 0.336 e. The Hall–Kier alpha value is -3.34. The van der Waals surface area contributed by atoms with Crippen LogP contribution in [0.4, 0.5) is 0 Å². The number of aromatic hydroxyl groups is 1. The van der Waals surface area contributed by atoms with Gasteiger partial charge in [0.15, 0.2) is 11.4 Å². The Morgan fingerprint density at radius 2 is 1.87 bits per heavy atom. The number of carbonyl (C=O) groups excluding carboxylic acids is 1. The molecule has 0 spiro atoms. The molecular weight excluding hydrogens is 380 g/mol. The normalized spacial score (nSPS) is 14.6. The third kappa shape index (κ3) is 3.41. The summed E-state index contributed by atoms with van der Waals surface area (Å²) in [7, 11) is 0. The van der Waals surface area contributed by atoms with Crippen molar-refractivity contribution in [1.82, 2.24) is 0 Å². The predicted molar refractivity (Wildman–Crippen MR) is 117 cm³/mol. The fourth-order valence-corrected chi connectivity index (χ4v) is 3.80. The number of phenols is 1. The third-order valence-corrected chi connectivity index (χ3v) is 5.12. The van der Waals surface area contributed by atoms with Crippen molar-refractivity contribution in [3.05, 3.63) is 64.0 Å². The Morgan fingerprint density at radius 3 is 2.53 bits per heavy atom. The quantitative estimate of drug-likeness (QED) is 0.454. The fourth-order valence-electron chi connectivity index (χ4n) is 3.80. The molecule has 0 radical (unpaired) electrons. The lowest BCUT2D eigenvalue weighted by Crippen LogP contribution is -2.29. The van der Waals surface area contributed by atoms with E-state index in [0.29, 0.717) is 16.5 Å². The molecule has 1 aliphatic heterocycles. The van der Waals surface area contributed by atoms with Crippen molar-refractivity contribution in [2.75, 3.05) is 0 Å². The fraction of sp³-hybridized carbons (Fsp3) is 0.280. The van der Waals surface area contributed by atoms with E-state index >= 15 is 0 Å². The highest BCUT2D eigenvalue weighted by Crippen LogP contribution is 2.47. The van der Waals surface area contributed by atoms with Gasteiger partial charge < -0.3 is 14.3 Å². The lowest BCUT2D eigenvalue weighted by Gasteiger charge is -2.30. The Labute approximate surface area is 174 Å². The summed E-state index contributed by atoms with van der Waals surface area (Å²) in [6.45, 7) is 7.62. The molecule has 0 amide bonds. The number of fused-ring (bicyclic) bond motifs is 3. The van der Waals surface area contributed by atoms with Crippen LogP contribution in [0.25, 0.3) is 28.2 Å². The van der Waals surface area contributed by atoms with E-state index in [9.17, 15) is 14.7 Å². The molecule has 154 valence electrons.